The van der Waals surface area contributed by atoms with Crippen LogP contribution in [0.15, 0.2) is 6.07 Å². The fraction of sp³-hybridized carbons (Fsp3) is 0.333. The van der Waals surface area contributed by atoms with E-state index in [-0.39, 0.29) is 24.3 Å². The molecule has 0 aliphatic heterocycles. The first-order valence-electron chi connectivity index (χ1n) is 4.48. The van der Waals surface area contributed by atoms with Crippen LogP contribution >= 0.6 is 0 Å². The second-order valence-electron chi connectivity index (χ2n) is 3.07. The molecular weight excluding hydrogens is 237 g/mol. The van der Waals surface area contributed by atoms with Gasteiger partial charge in [0.15, 0.2) is 0 Å². The van der Waals surface area contributed by atoms with E-state index < -0.39 is 12.2 Å². The standard InChI is InChI=1S/C9H9F3N4O/c10-9(11,12)17-7-3-5(1-2-13)6(4-14)8(15)16-7/h3H,1,4,14H2,(H2,15,16). The minimum Gasteiger partial charge on any atom is -0.388 e. The molecule has 1 rings (SSSR count). The Labute approximate surface area is 94.8 Å². The molecule has 1 aromatic rings. The molecule has 0 aliphatic carbocycles. The van der Waals surface area contributed by atoms with Crippen LogP contribution in [-0.2, 0) is 13.0 Å². The van der Waals surface area contributed by atoms with Crippen molar-refractivity contribution >= 4 is 5.82 Å². The highest BCUT2D eigenvalue weighted by Gasteiger charge is 2.32. The largest absolute Gasteiger partial charge is 0.574 e. The highest BCUT2D eigenvalue weighted by atomic mass is 19.4. The number of pyridine rings is 1. The van der Waals surface area contributed by atoms with Crippen LogP contribution < -0.4 is 16.2 Å². The Hall–Kier alpha value is -2.01. The number of nitrogens with zero attached hydrogens (tertiary/aromatic N) is 2. The van der Waals surface area contributed by atoms with Gasteiger partial charge in [-0.3, -0.25) is 0 Å². The van der Waals surface area contributed by atoms with Gasteiger partial charge in [-0.15, -0.1) is 13.2 Å². The van der Waals surface area contributed by atoms with Crippen LogP contribution in [0, 0.1) is 11.3 Å². The van der Waals surface area contributed by atoms with Gasteiger partial charge >= 0.3 is 6.36 Å². The first-order valence-corrected chi connectivity index (χ1v) is 4.48. The van der Waals surface area contributed by atoms with E-state index in [4.69, 9.17) is 16.7 Å². The Kier molecular flexibility index (Phi) is 3.75. The van der Waals surface area contributed by atoms with Gasteiger partial charge in [0.2, 0.25) is 5.88 Å². The van der Waals surface area contributed by atoms with Gasteiger partial charge in [0, 0.05) is 18.2 Å². The lowest BCUT2D eigenvalue weighted by Crippen LogP contribution is -2.19. The summed E-state index contributed by atoms with van der Waals surface area (Å²) in [5, 5.41) is 8.54. The summed E-state index contributed by atoms with van der Waals surface area (Å²) in [6, 6.07) is 2.81. The molecule has 8 heteroatoms. The van der Waals surface area contributed by atoms with E-state index in [1.807, 2.05) is 0 Å². The number of hydrogen-bond acceptors (Lipinski definition) is 5. The number of anilines is 1. The molecule has 0 spiro atoms. The SMILES string of the molecule is N#CCc1cc(OC(F)(F)F)nc(N)c1CN. The lowest BCUT2D eigenvalue weighted by Gasteiger charge is -2.12. The minimum atomic E-state index is -4.85. The van der Waals surface area contributed by atoms with Gasteiger partial charge in [0.25, 0.3) is 0 Å². The van der Waals surface area contributed by atoms with Gasteiger partial charge in [0.05, 0.1) is 12.5 Å². The number of rotatable bonds is 3. The summed E-state index contributed by atoms with van der Waals surface area (Å²) in [5.74, 6) is -0.864. The van der Waals surface area contributed by atoms with Crippen LogP contribution in [-0.4, -0.2) is 11.3 Å². The van der Waals surface area contributed by atoms with Gasteiger partial charge in [0.1, 0.15) is 5.82 Å². The molecule has 0 bridgehead atoms. The molecule has 0 atom stereocenters. The van der Waals surface area contributed by atoms with Crippen molar-refractivity contribution in [1.29, 1.82) is 5.26 Å². The average molecular weight is 246 g/mol. The molecule has 0 aliphatic rings. The first kappa shape index (κ1) is 13.1. The molecule has 5 nitrogen and oxygen atoms in total. The molecule has 4 N–H and O–H groups in total. The lowest BCUT2D eigenvalue weighted by molar-refractivity contribution is -0.276. The van der Waals surface area contributed by atoms with Crippen LogP contribution in [0.25, 0.3) is 0 Å². The summed E-state index contributed by atoms with van der Waals surface area (Å²) >= 11 is 0. The summed E-state index contributed by atoms with van der Waals surface area (Å²) < 4.78 is 39.6. The van der Waals surface area contributed by atoms with Crippen molar-refractivity contribution < 1.29 is 17.9 Å². The molecule has 0 amide bonds. The number of nitrogens with two attached hydrogens (primary N) is 2. The van der Waals surface area contributed by atoms with Gasteiger partial charge in [-0.2, -0.15) is 10.2 Å². The summed E-state index contributed by atoms with van der Waals surface area (Å²) in [6.45, 7) is -0.0118. The molecule has 0 aromatic carbocycles. The number of nitriles is 1. The second-order valence-corrected chi connectivity index (χ2v) is 3.07. The number of nitrogen functional groups attached to an aromatic ring is 1. The maximum absolute atomic E-state index is 12.0. The minimum absolute atomic E-state index is 0.0118. The van der Waals surface area contributed by atoms with Crippen LogP contribution in [0.1, 0.15) is 11.1 Å². The second kappa shape index (κ2) is 4.88. The van der Waals surface area contributed by atoms with Crippen molar-refractivity contribution in [3.8, 4) is 11.9 Å². The molecule has 0 saturated carbocycles. The summed E-state index contributed by atoms with van der Waals surface area (Å²) in [4.78, 5) is 3.42. The summed E-state index contributed by atoms with van der Waals surface area (Å²) in [7, 11) is 0. The monoisotopic (exact) mass is 246 g/mol. The lowest BCUT2D eigenvalue weighted by atomic mass is 10.1. The summed E-state index contributed by atoms with van der Waals surface area (Å²) in [5.41, 5.74) is 11.4. The fourth-order valence-electron chi connectivity index (χ4n) is 1.27. The van der Waals surface area contributed by atoms with E-state index in [2.05, 4.69) is 9.72 Å². The fourth-order valence-corrected chi connectivity index (χ4v) is 1.27. The zero-order valence-electron chi connectivity index (χ0n) is 8.58. The Morgan fingerprint density at radius 3 is 2.59 bits per heavy atom. The van der Waals surface area contributed by atoms with Crippen LogP contribution in [0.4, 0.5) is 19.0 Å². The molecule has 1 aromatic heterocycles. The highest BCUT2D eigenvalue weighted by molar-refractivity contribution is 5.48. The van der Waals surface area contributed by atoms with E-state index in [9.17, 15) is 13.2 Å². The predicted octanol–water partition coefficient (Wildman–Crippen LogP) is 1.09. The average Bonchev–Trinajstić information content (AvgIpc) is 2.15. The predicted molar refractivity (Wildman–Crippen MR) is 52.5 cm³/mol. The molecule has 1 heterocycles. The van der Waals surface area contributed by atoms with E-state index in [1.165, 1.54) is 0 Å². The van der Waals surface area contributed by atoms with Crippen molar-refractivity contribution in [3.63, 3.8) is 0 Å². The third kappa shape index (κ3) is 3.49. The van der Waals surface area contributed by atoms with Crippen molar-refractivity contribution in [2.45, 2.75) is 19.3 Å². The third-order valence-corrected chi connectivity index (χ3v) is 1.92. The normalized spacial score (nSPS) is 11.0. The molecule has 0 fully saturated rings. The quantitative estimate of drug-likeness (QED) is 0.831. The smallest absolute Gasteiger partial charge is 0.388 e. The van der Waals surface area contributed by atoms with Crippen molar-refractivity contribution in [2.75, 3.05) is 5.73 Å². The van der Waals surface area contributed by atoms with Gasteiger partial charge < -0.3 is 16.2 Å². The number of hydrogen-bond donors (Lipinski definition) is 2. The van der Waals surface area contributed by atoms with Crippen LogP contribution in [0.5, 0.6) is 5.88 Å². The Balaban J connectivity index is 3.15. The Bertz CT molecular complexity index is 453. The number of alkyl halides is 3. The molecule has 0 saturated heterocycles. The van der Waals surface area contributed by atoms with Gasteiger partial charge in [-0.1, -0.05) is 0 Å². The number of aromatic nitrogens is 1. The number of ether oxygens (including phenoxy) is 1. The maximum Gasteiger partial charge on any atom is 0.574 e. The maximum atomic E-state index is 12.0. The zero-order chi connectivity index (χ0) is 13.1. The van der Waals surface area contributed by atoms with Gasteiger partial charge in [-0.05, 0) is 5.56 Å². The first-order chi connectivity index (χ1) is 7.87. The Morgan fingerprint density at radius 1 is 1.47 bits per heavy atom. The van der Waals surface area contributed by atoms with Crippen molar-refractivity contribution in [1.82, 2.24) is 4.98 Å². The third-order valence-electron chi connectivity index (χ3n) is 1.92. The van der Waals surface area contributed by atoms with E-state index in [0.29, 0.717) is 5.56 Å². The highest BCUT2D eigenvalue weighted by Crippen LogP contribution is 2.26. The number of halogens is 3. The van der Waals surface area contributed by atoms with Crippen LogP contribution in [0.2, 0.25) is 0 Å². The molecule has 0 unspecified atom stereocenters. The molecule has 17 heavy (non-hydrogen) atoms. The Morgan fingerprint density at radius 2 is 2.12 bits per heavy atom. The molecule has 0 radical (unpaired) electrons. The van der Waals surface area contributed by atoms with Crippen molar-refractivity contribution in [3.05, 3.63) is 17.2 Å². The van der Waals surface area contributed by atoms with E-state index in [1.54, 1.807) is 6.07 Å². The molecule has 92 valence electrons. The topological polar surface area (TPSA) is 97.9 Å². The van der Waals surface area contributed by atoms with Gasteiger partial charge in [-0.25, -0.2) is 0 Å². The molecular formula is C9H9F3N4O. The van der Waals surface area contributed by atoms with E-state index in [0.717, 1.165) is 6.07 Å². The van der Waals surface area contributed by atoms with E-state index >= 15 is 0 Å². The summed E-state index contributed by atoms with van der Waals surface area (Å²) in [6.07, 6.45) is -4.97. The van der Waals surface area contributed by atoms with Crippen LogP contribution in [0.3, 0.4) is 0 Å². The van der Waals surface area contributed by atoms with Crippen molar-refractivity contribution in [2.24, 2.45) is 5.73 Å². The zero-order valence-corrected chi connectivity index (χ0v) is 8.58.